The summed E-state index contributed by atoms with van der Waals surface area (Å²) in [5.74, 6) is 3.74. The highest BCUT2D eigenvalue weighted by molar-refractivity contribution is 7.19. The van der Waals surface area contributed by atoms with Gasteiger partial charge in [-0.2, -0.15) is 0 Å². The van der Waals surface area contributed by atoms with Gasteiger partial charge in [0.25, 0.3) is 0 Å². The van der Waals surface area contributed by atoms with Crippen LogP contribution in [0.2, 0.25) is 0 Å². The average molecular weight is 314 g/mol. The average Bonchev–Trinajstić information content (AvgIpc) is 2.88. The van der Waals surface area contributed by atoms with Crippen LogP contribution in [-0.4, -0.2) is 29.0 Å². The van der Waals surface area contributed by atoms with Gasteiger partial charge in [0, 0.05) is 4.88 Å². The minimum absolute atomic E-state index is 0.133. The number of anilines is 1. The second-order valence-electron chi connectivity index (χ2n) is 5.34. The number of aryl methyl sites for hydroxylation is 3. The highest BCUT2D eigenvalue weighted by Crippen LogP contribution is 2.38. The van der Waals surface area contributed by atoms with E-state index >= 15 is 0 Å². The van der Waals surface area contributed by atoms with Crippen molar-refractivity contribution < 1.29 is 4.79 Å². The first-order valence-corrected chi connectivity index (χ1v) is 8.23. The fourth-order valence-electron chi connectivity index (χ4n) is 2.77. The van der Waals surface area contributed by atoms with Gasteiger partial charge in [0.15, 0.2) is 0 Å². The largest absolute Gasteiger partial charge is 0.360 e. The molecule has 1 amide bonds. The van der Waals surface area contributed by atoms with Crippen LogP contribution in [0.5, 0.6) is 0 Å². The molecule has 0 saturated carbocycles. The highest BCUT2D eigenvalue weighted by atomic mass is 32.1. The fraction of sp³-hybridized carbons (Fsp3) is 0.438. The second kappa shape index (κ2) is 6.32. The summed E-state index contributed by atoms with van der Waals surface area (Å²) in [7, 11) is 0. The van der Waals surface area contributed by atoms with Gasteiger partial charge in [0.05, 0.1) is 18.5 Å². The molecule has 0 unspecified atom stereocenters. The van der Waals surface area contributed by atoms with E-state index in [1.54, 1.807) is 11.3 Å². The van der Waals surface area contributed by atoms with Crippen LogP contribution < -0.4 is 10.6 Å². The van der Waals surface area contributed by atoms with E-state index in [9.17, 15) is 4.79 Å². The van der Waals surface area contributed by atoms with Gasteiger partial charge in [-0.05, 0) is 38.2 Å². The Morgan fingerprint density at radius 2 is 2.18 bits per heavy atom. The molecule has 0 bridgehead atoms. The Hall–Kier alpha value is -2.13. The third kappa shape index (κ3) is 2.90. The van der Waals surface area contributed by atoms with E-state index in [0.717, 1.165) is 34.7 Å². The minimum atomic E-state index is -0.133. The Morgan fingerprint density at radius 3 is 3.00 bits per heavy atom. The molecule has 6 heteroatoms. The third-order valence-electron chi connectivity index (χ3n) is 3.73. The van der Waals surface area contributed by atoms with Crippen LogP contribution in [0.15, 0.2) is 0 Å². The van der Waals surface area contributed by atoms with Gasteiger partial charge in [-0.15, -0.1) is 17.8 Å². The Kier molecular flexibility index (Phi) is 4.25. The van der Waals surface area contributed by atoms with Crippen LogP contribution >= 0.6 is 11.3 Å². The van der Waals surface area contributed by atoms with Gasteiger partial charge in [0.1, 0.15) is 16.5 Å². The predicted molar refractivity (Wildman–Crippen MR) is 89.1 cm³/mol. The maximum Gasteiger partial charge on any atom is 0.240 e. The van der Waals surface area contributed by atoms with Gasteiger partial charge in [-0.25, -0.2) is 9.97 Å². The summed E-state index contributed by atoms with van der Waals surface area (Å²) in [6.07, 6.45) is 9.77. The fourth-order valence-corrected chi connectivity index (χ4v) is 4.07. The number of rotatable bonds is 4. The van der Waals surface area contributed by atoms with Crippen LogP contribution in [0, 0.1) is 19.3 Å². The molecule has 2 heterocycles. The van der Waals surface area contributed by atoms with Crippen LogP contribution in [-0.2, 0) is 17.6 Å². The van der Waals surface area contributed by atoms with Crippen molar-refractivity contribution in [2.45, 2.75) is 32.6 Å². The van der Waals surface area contributed by atoms with Crippen molar-refractivity contribution in [3.05, 3.63) is 16.3 Å². The van der Waals surface area contributed by atoms with Crippen LogP contribution in [0.25, 0.3) is 10.2 Å². The van der Waals surface area contributed by atoms with Crippen molar-refractivity contribution in [2.24, 2.45) is 0 Å². The first kappa shape index (κ1) is 14.8. The maximum absolute atomic E-state index is 11.7. The number of carbonyl (C=O) groups is 1. The molecule has 3 rings (SSSR count). The van der Waals surface area contributed by atoms with Gasteiger partial charge < -0.3 is 10.6 Å². The molecule has 2 N–H and O–H groups in total. The molecular formula is C16H18N4OS. The van der Waals surface area contributed by atoms with Gasteiger partial charge >= 0.3 is 0 Å². The minimum Gasteiger partial charge on any atom is -0.360 e. The first-order chi connectivity index (χ1) is 10.7. The molecule has 1 aliphatic carbocycles. The van der Waals surface area contributed by atoms with Crippen LogP contribution in [0.4, 0.5) is 5.82 Å². The third-order valence-corrected chi connectivity index (χ3v) is 4.92. The molecule has 0 atom stereocenters. The molecule has 0 aromatic carbocycles. The van der Waals surface area contributed by atoms with Crippen molar-refractivity contribution >= 4 is 33.3 Å². The van der Waals surface area contributed by atoms with E-state index in [2.05, 4.69) is 26.5 Å². The van der Waals surface area contributed by atoms with E-state index in [0.29, 0.717) is 0 Å². The number of thiophene rings is 1. The SMILES string of the molecule is C#CCNC(=O)CNc1nc(C)nc2sc3c(c12)CCCC3. The molecule has 1 aliphatic rings. The van der Waals surface area contributed by atoms with E-state index in [1.165, 1.54) is 23.3 Å². The van der Waals surface area contributed by atoms with E-state index in [-0.39, 0.29) is 19.0 Å². The lowest BCUT2D eigenvalue weighted by Crippen LogP contribution is -2.30. The number of amides is 1. The van der Waals surface area contributed by atoms with E-state index in [1.807, 2.05) is 6.92 Å². The number of aromatic nitrogens is 2. The van der Waals surface area contributed by atoms with Crippen LogP contribution in [0.3, 0.4) is 0 Å². The molecule has 0 aliphatic heterocycles. The standard InChI is InChI=1S/C16H18N4OS/c1-3-8-17-13(21)9-18-15-14-11-6-4-5-7-12(11)22-16(14)20-10(2)19-15/h1H,4-9H2,2H3,(H,17,21)(H,18,19,20). The molecule has 0 fully saturated rings. The van der Waals surface area contributed by atoms with Crippen molar-refractivity contribution in [1.82, 2.24) is 15.3 Å². The Morgan fingerprint density at radius 1 is 1.36 bits per heavy atom. The first-order valence-electron chi connectivity index (χ1n) is 7.42. The van der Waals surface area contributed by atoms with Crippen LogP contribution in [0.1, 0.15) is 29.1 Å². The number of nitrogens with zero attached hydrogens (tertiary/aromatic N) is 2. The van der Waals surface area contributed by atoms with Crippen molar-refractivity contribution in [3.8, 4) is 12.3 Å². The molecular weight excluding hydrogens is 296 g/mol. The maximum atomic E-state index is 11.7. The molecule has 0 radical (unpaired) electrons. The lowest BCUT2D eigenvalue weighted by atomic mass is 9.97. The molecule has 22 heavy (non-hydrogen) atoms. The lowest BCUT2D eigenvalue weighted by Gasteiger charge is -2.12. The predicted octanol–water partition coefficient (Wildman–Crippen LogP) is 2.04. The topological polar surface area (TPSA) is 66.9 Å². The Bertz CT molecular complexity index is 760. The lowest BCUT2D eigenvalue weighted by molar-refractivity contribution is -0.119. The summed E-state index contributed by atoms with van der Waals surface area (Å²) >= 11 is 1.76. The summed E-state index contributed by atoms with van der Waals surface area (Å²) in [5, 5.41) is 6.88. The molecule has 0 saturated heterocycles. The molecule has 114 valence electrons. The van der Waals surface area contributed by atoms with E-state index in [4.69, 9.17) is 6.42 Å². The zero-order valence-corrected chi connectivity index (χ0v) is 13.3. The second-order valence-corrected chi connectivity index (χ2v) is 6.43. The number of carbonyl (C=O) groups excluding carboxylic acids is 1. The Labute approximate surface area is 133 Å². The summed E-state index contributed by atoms with van der Waals surface area (Å²) in [6.45, 7) is 2.28. The number of fused-ring (bicyclic) bond motifs is 3. The van der Waals surface area contributed by atoms with Gasteiger partial charge in [0.2, 0.25) is 5.91 Å². The number of hydrogen-bond acceptors (Lipinski definition) is 5. The Balaban J connectivity index is 1.90. The molecule has 2 aromatic rings. The van der Waals surface area contributed by atoms with Crippen molar-refractivity contribution in [1.29, 1.82) is 0 Å². The summed E-state index contributed by atoms with van der Waals surface area (Å²) in [4.78, 5) is 23.2. The molecule has 5 nitrogen and oxygen atoms in total. The normalized spacial score (nSPS) is 13.5. The van der Waals surface area contributed by atoms with Gasteiger partial charge in [-0.1, -0.05) is 5.92 Å². The monoisotopic (exact) mass is 314 g/mol. The smallest absolute Gasteiger partial charge is 0.240 e. The van der Waals surface area contributed by atoms with Gasteiger partial charge in [-0.3, -0.25) is 4.79 Å². The number of nitrogens with one attached hydrogen (secondary N) is 2. The molecule has 2 aromatic heterocycles. The zero-order chi connectivity index (χ0) is 15.5. The zero-order valence-electron chi connectivity index (χ0n) is 12.5. The van der Waals surface area contributed by atoms with Crippen molar-refractivity contribution in [2.75, 3.05) is 18.4 Å². The number of hydrogen-bond donors (Lipinski definition) is 2. The molecule has 0 spiro atoms. The quantitative estimate of drug-likeness (QED) is 0.848. The summed E-state index contributed by atoms with van der Waals surface area (Å²) in [5.41, 5.74) is 1.36. The van der Waals surface area contributed by atoms with Crippen molar-refractivity contribution in [3.63, 3.8) is 0 Å². The summed E-state index contributed by atoms with van der Waals surface area (Å²) < 4.78 is 0. The van der Waals surface area contributed by atoms with E-state index < -0.39 is 0 Å². The highest BCUT2D eigenvalue weighted by Gasteiger charge is 2.20. The number of terminal acetylenes is 1. The summed E-state index contributed by atoms with van der Waals surface area (Å²) in [6, 6.07) is 0.